The van der Waals surface area contributed by atoms with E-state index in [9.17, 15) is 9.59 Å². The molecule has 0 radical (unpaired) electrons. The summed E-state index contributed by atoms with van der Waals surface area (Å²) in [4.78, 5) is 24.8. The maximum Gasteiger partial charge on any atom is 0.306 e. The number of furan rings is 1. The van der Waals surface area contributed by atoms with Crippen molar-refractivity contribution in [2.75, 3.05) is 0 Å². The Balaban J connectivity index is 1.20. The second-order valence-corrected chi connectivity index (χ2v) is 9.26. The van der Waals surface area contributed by atoms with E-state index in [4.69, 9.17) is 20.3 Å². The quantitative estimate of drug-likeness (QED) is 0.329. The number of nitrogens with two attached hydrogens (primary N) is 1. The third kappa shape index (κ3) is 5.69. The number of fused-ring (bicyclic) bond motifs is 1. The lowest BCUT2D eigenvalue weighted by atomic mass is 9.83. The van der Waals surface area contributed by atoms with Crippen molar-refractivity contribution in [3.05, 3.63) is 35.6 Å². The van der Waals surface area contributed by atoms with Crippen LogP contribution >= 0.6 is 0 Å². The summed E-state index contributed by atoms with van der Waals surface area (Å²) in [6.45, 7) is 0. The van der Waals surface area contributed by atoms with Gasteiger partial charge in [-0.3, -0.25) is 15.0 Å². The number of amidine groups is 1. The number of hydrogen-bond donors (Lipinski definition) is 3. The molecule has 2 saturated carbocycles. The molecule has 0 bridgehead atoms. The monoisotopic (exact) mass is 439 g/mol. The summed E-state index contributed by atoms with van der Waals surface area (Å²) in [6.07, 6.45) is 10.9. The number of nitrogens with one attached hydrogen (secondary N) is 2. The van der Waals surface area contributed by atoms with Crippen LogP contribution in [0, 0.1) is 11.3 Å². The Morgan fingerprint density at radius 1 is 1.06 bits per heavy atom. The van der Waals surface area contributed by atoms with Crippen molar-refractivity contribution in [1.82, 2.24) is 5.32 Å². The number of esters is 1. The maximum atomic E-state index is 12.7. The van der Waals surface area contributed by atoms with Gasteiger partial charge in [-0.05, 0) is 88.0 Å². The van der Waals surface area contributed by atoms with Gasteiger partial charge in [0.1, 0.15) is 17.5 Å². The van der Waals surface area contributed by atoms with E-state index in [2.05, 4.69) is 5.32 Å². The topological polar surface area (TPSA) is 118 Å². The lowest BCUT2D eigenvalue weighted by Gasteiger charge is -2.29. The van der Waals surface area contributed by atoms with Gasteiger partial charge in [0.05, 0.1) is 0 Å². The number of ether oxygens (including phenoxy) is 1. The average Bonchev–Trinajstić information content (AvgIpc) is 3.23. The fraction of sp³-hybridized carbons (Fsp3) is 0.560. The molecule has 0 spiro atoms. The number of benzene rings is 1. The fourth-order valence-electron chi connectivity index (χ4n) is 4.92. The highest BCUT2D eigenvalue weighted by molar-refractivity contribution is 6.00. The summed E-state index contributed by atoms with van der Waals surface area (Å²) in [5.41, 5.74) is 6.74. The van der Waals surface area contributed by atoms with Crippen LogP contribution in [0.25, 0.3) is 11.0 Å². The Labute approximate surface area is 188 Å². The van der Waals surface area contributed by atoms with E-state index in [1.165, 1.54) is 19.3 Å². The zero-order chi connectivity index (χ0) is 22.5. The molecule has 0 atom stereocenters. The first-order valence-corrected chi connectivity index (χ1v) is 11.9. The summed E-state index contributed by atoms with van der Waals surface area (Å²) < 4.78 is 11.3. The molecule has 1 heterocycles. The zero-order valence-corrected chi connectivity index (χ0v) is 18.5. The predicted octanol–water partition coefficient (Wildman–Crippen LogP) is 4.66. The van der Waals surface area contributed by atoms with Gasteiger partial charge in [-0.15, -0.1) is 0 Å². The molecule has 32 heavy (non-hydrogen) atoms. The minimum Gasteiger partial charge on any atom is -0.462 e. The molecule has 2 aliphatic carbocycles. The van der Waals surface area contributed by atoms with Gasteiger partial charge in [0, 0.05) is 23.4 Å². The van der Waals surface area contributed by atoms with E-state index >= 15 is 0 Å². The number of amides is 1. The van der Waals surface area contributed by atoms with Crippen molar-refractivity contribution in [2.24, 2.45) is 11.7 Å². The van der Waals surface area contributed by atoms with E-state index in [1.807, 2.05) is 0 Å². The molecule has 7 nitrogen and oxygen atoms in total. The lowest BCUT2D eigenvalue weighted by molar-refractivity contribution is -0.150. The second-order valence-electron chi connectivity index (χ2n) is 9.26. The molecule has 0 saturated heterocycles. The fourth-order valence-corrected chi connectivity index (χ4v) is 4.92. The number of rotatable bonds is 7. The van der Waals surface area contributed by atoms with E-state index < -0.39 is 0 Å². The van der Waals surface area contributed by atoms with Crippen LogP contribution in [0.15, 0.2) is 28.7 Å². The molecule has 2 aromatic rings. The van der Waals surface area contributed by atoms with Gasteiger partial charge in [-0.1, -0.05) is 6.42 Å². The smallest absolute Gasteiger partial charge is 0.306 e. The third-order valence-electron chi connectivity index (χ3n) is 6.84. The first-order chi connectivity index (χ1) is 15.5. The maximum absolute atomic E-state index is 12.7. The van der Waals surface area contributed by atoms with E-state index in [1.54, 1.807) is 24.3 Å². The van der Waals surface area contributed by atoms with E-state index in [0.29, 0.717) is 23.5 Å². The summed E-state index contributed by atoms with van der Waals surface area (Å²) in [5.74, 6) is 0.500. The molecule has 172 valence electrons. The van der Waals surface area contributed by atoms with Gasteiger partial charge in [0.2, 0.25) is 0 Å². The lowest BCUT2D eigenvalue weighted by Crippen LogP contribution is -2.37. The minimum absolute atomic E-state index is 0.0156. The molecule has 2 aliphatic rings. The Morgan fingerprint density at radius 2 is 1.81 bits per heavy atom. The average molecular weight is 440 g/mol. The second kappa shape index (κ2) is 10.2. The van der Waals surface area contributed by atoms with Gasteiger partial charge in [-0.2, -0.15) is 0 Å². The van der Waals surface area contributed by atoms with Crippen molar-refractivity contribution in [3.63, 3.8) is 0 Å². The molecule has 2 fully saturated rings. The first kappa shape index (κ1) is 22.4. The zero-order valence-electron chi connectivity index (χ0n) is 18.5. The third-order valence-corrected chi connectivity index (χ3v) is 6.84. The predicted molar refractivity (Wildman–Crippen MR) is 123 cm³/mol. The highest BCUT2D eigenvalue weighted by atomic mass is 16.5. The largest absolute Gasteiger partial charge is 0.462 e. The summed E-state index contributed by atoms with van der Waals surface area (Å²) in [6, 6.07) is 7.01. The molecule has 4 N–H and O–H groups in total. The molecule has 1 amide bonds. The van der Waals surface area contributed by atoms with Crippen LogP contribution in [0.5, 0.6) is 0 Å². The van der Waals surface area contributed by atoms with Gasteiger partial charge < -0.3 is 20.2 Å². The van der Waals surface area contributed by atoms with Crippen LogP contribution in [-0.2, 0) is 9.53 Å². The Bertz CT molecular complexity index is 969. The van der Waals surface area contributed by atoms with Crippen molar-refractivity contribution >= 4 is 28.7 Å². The normalized spacial score (nSPS) is 21.9. The van der Waals surface area contributed by atoms with Gasteiger partial charge >= 0.3 is 5.97 Å². The van der Waals surface area contributed by atoms with Crippen LogP contribution in [0.4, 0.5) is 0 Å². The molecule has 1 aromatic carbocycles. The Kier molecular flexibility index (Phi) is 7.12. The summed E-state index contributed by atoms with van der Waals surface area (Å²) >= 11 is 0. The molecule has 1 aromatic heterocycles. The highest BCUT2D eigenvalue weighted by Crippen LogP contribution is 2.29. The van der Waals surface area contributed by atoms with Crippen LogP contribution in [0.3, 0.4) is 0 Å². The van der Waals surface area contributed by atoms with E-state index in [0.717, 1.165) is 50.3 Å². The highest BCUT2D eigenvalue weighted by Gasteiger charge is 2.25. The molecular formula is C25H33N3O4. The van der Waals surface area contributed by atoms with Crippen molar-refractivity contribution in [2.45, 2.75) is 82.8 Å². The van der Waals surface area contributed by atoms with Crippen molar-refractivity contribution in [3.8, 4) is 0 Å². The molecule has 0 aliphatic heterocycles. The molecule has 4 rings (SSSR count). The van der Waals surface area contributed by atoms with Gasteiger partial charge in [-0.25, -0.2) is 0 Å². The molecule has 0 unspecified atom stereocenters. The van der Waals surface area contributed by atoms with Gasteiger partial charge in [0.15, 0.2) is 5.76 Å². The number of carbonyl (C=O) groups is 2. The standard InChI is InChI=1S/C25H33N3O4/c26-24(27)17-9-12-21-18(14-17)15-22(32-21)25(30)28-19-10-6-16(7-11-19)8-13-23(29)31-20-4-2-1-3-5-20/h9,12,14-16,19-20H,1-8,10-11,13H2,(H3,26,27)(H,28,30)/t16-,19-. The van der Waals surface area contributed by atoms with Crippen molar-refractivity contribution < 1.29 is 18.7 Å². The SMILES string of the molecule is N=C(N)c1ccc2oc(C(=O)N[C@H]3CC[C@H](CCC(=O)OC4CCCCC4)CC3)cc2c1. The van der Waals surface area contributed by atoms with Crippen LogP contribution in [-0.4, -0.2) is 29.9 Å². The molecular weight excluding hydrogens is 406 g/mol. The number of nitrogen functional groups attached to an aromatic ring is 1. The van der Waals surface area contributed by atoms with Crippen LogP contribution < -0.4 is 11.1 Å². The van der Waals surface area contributed by atoms with Crippen LogP contribution in [0.1, 0.15) is 86.7 Å². The van der Waals surface area contributed by atoms with E-state index in [-0.39, 0.29) is 35.6 Å². The number of hydrogen-bond acceptors (Lipinski definition) is 5. The number of carbonyl (C=O) groups excluding carboxylic acids is 2. The van der Waals surface area contributed by atoms with Gasteiger partial charge in [0.25, 0.3) is 5.91 Å². The Morgan fingerprint density at radius 3 is 2.53 bits per heavy atom. The first-order valence-electron chi connectivity index (χ1n) is 11.9. The summed E-state index contributed by atoms with van der Waals surface area (Å²) in [7, 11) is 0. The summed E-state index contributed by atoms with van der Waals surface area (Å²) in [5, 5.41) is 11.4. The Hall–Kier alpha value is -2.83. The van der Waals surface area contributed by atoms with Crippen molar-refractivity contribution in [1.29, 1.82) is 5.41 Å². The molecule has 7 heteroatoms. The minimum atomic E-state index is -0.218. The van der Waals surface area contributed by atoms with Crippen LogP contribution in [0.2, 0.25) is 0 Å².